The third-order valence-corrected chi connectivity index (χ3v) is 4.16. The van der Waals surface area contributed by atoms with Crippen LogP contribution in [0.15, 0.2) is 42.5 Å². The third kappa shape index (κ3) is 1.99. The molecule has 0 saturated carbocycles. The predicted octanol–water partition coefficient (Wildman–Crippen LogP) is 0.591. The van der Waals surface area contributed by atoms with Gasteiger partial charge in [0.1, 0.15) is 24.2 Å². The fourth-order valence-electron chi connectivity index (χ4n) is 3.15. The fourth-order valence-corrected chi connectivity index (χ4v) is 3.15. The second-order valence-electron chi connectivity index (χ2n) is 5.36. The number of fused-ring (bicyclic) bond motifs is 4. The van der Waals surface area contributed by atoms with Crippen molar-refractivity contribution in [3.8, 4) is 0 Å². The first-order chi connectivity index (χ1) is 10.1. The first kappa shape index (κ1) is 15.1. The molecule has 0 aliphatic rings. The van der Waals surface area contributed by atoms with Gasteiger partial charge in [-0.1, -0.05) is 0 Å². The Kier molecular flexibility index (Phi) is 3.55. The van der Waals surface area contributed by atoms with Gasteiger partial charge in [0.2, 0.25) is 11.0 Å². The Labute approximate surface area is 143 Å². The first-order valence-electron chi connectivity index (χ1n) is 6.72. The zero-order valence-corrected chi connectivity index (χ0v) is 14.2. The maximum Gasteiger partial charge on any atom is 0.238 e. The largest absolute Gasteiger partial charge is 1.00 e. The van der Waals surface area contributed by atoms with E-state index in [1.54, 1.807) is 18.2 Å². The zero-order chi connectivity index (χ0) is 14.7. The minimum Gasteiger partial charge on any atom is -1.00 e. The van der Waals surface area contributed by atoms with Crippen LogP contribution in [-0.4, -0.2) is 4.57 Å². The van der Waals surface area contributed by atoms with Crippen LogP contribution in [0.3, 0.4) is 0 Å². The molecule has 0 radical (unpaired) electrons. The van der Waals surface area contributed by atoms with Crippen LogP contribution in [0, 0.1) is 11.6 Å². The van der Waals surface area contributed by atoms with E-state index in [0.29, 0.717) is 0 Å². The summed E-state index contributed by atoms with van der Waals surface area (Å²) in [4.78, 5) is 0. The average molecular weight is 410 g/mol. The summed E-state index contributed by atoms with van der Waals surface area (Å²) in [6, 6.07) is 11.4. The highest BCUT2D eigenvalue weighted by Crippen LogP contribution is 2.28. The van der Waals surface area contributed by atoms with E-state index in [1.807, 2.05) is 29.3 Å². The van der Waals surface area contributed by atoms with Gasteiger partial charge in [-0.2, -0.15) is 4.57 Å². The molecule has 2 aromatic carbocycles. The topological polar surface area (TPSA) is 8.81 Å². The highest BCUT2D eigenvalue weighted by molar-refractivity contribution is 6.06. The maximum absolute atomic E-state index is 13.6. The minimum atomic E-state index is -0.258. The molecule has 0 unspecified atom stereocenters. The van der Waals surface area contributed by atoms with Crippen molar-refractivity contribution in [1.82, 2.24) is 4.57 Å². The number of pyridine rings is 1. The van der Waals surface area contributed by atoms with Crippen LogP contribution in [0.25, 0.3) is 32.8 Å². The van der Waals surface area contributed by atoms with Gasteiger partial charge in [-0.05, 0) is 36.4 Å². The van der Waals surface area contributed by atoms with Crippen LogP contribution in [0.1, 0.15) is 0 Å². The van der Waals surface area contributed by atoms with Gasteiger partial charge in [0, 0.05) is 13.1 Å². The minimum absolute atomic E-state index is 0. The maximum atomic E-state index is 13.6. The Morgan fingerprint density at radius 2 is 1.59 bits per heavy atom. The highest BCUT2D eigenvalue weighted by Gasteiger charge is 2.20. The molecule has 2 nitrogen and oxygen atoms in total. The molecule has 2 aromatic heterocycles. The van der Waals surface area contributed by atoms with E-state index in [4.69, 9.17) is 0 Å². The molecule has 0 aliphatic carbocycles. The number of aromatic nitrogens is 2. The zero-order valence-electron chi connectivity index (χ0n) is 12.1. The molecule has 0 amide bonds. The summed E-state index contributed by atoms with van der Waals surface area (Å²) in [6.07, 6.45) is 0. The van der Waals surface area contributed by atoms with Crippen LogP contribution < -0.4 is 28.5 Å². The molecule has 0 fully saturated rings. The quantitative estimate of drug-likeness (QED) is 0.297. The number of halogens is 3. The van der Waals surface area contributed by atoms with Gasteiger partial charge in [-0.15, -0.1) is 0 Å². The van der Waals surface area contributed by atoms with E-state index in [-0.39, 0.29) is 35.6 Å². The molecule has 0 bridgehead atoms. The second-order valence-corrected chi connectivity index (χ2v) is 5.36. The third-order valence-electron chi connectivity index (χ3n) is 4.16. The van der Waals surface area contributed by atoms with Gasteiger partial charge in [0.05, 0.1) is 16.3 Å². The van der Waals surface area contributed by atoms with Crippen molar-refractivity contribution in [2.75, 3.05) is 0 Å². The number of nitrogens with zero attached hydrogens (tertiary/aromatic N) is 2. The number of benzene rings is 2. The van der Waals surface area contributed by atoms with E-state index in [0.717, 1.165) is 32.8 Å². The molecule has 112 valence electrons. The van der Waals surface area contributed by atoms with E-state index in [1.165, 1.54) is 18.2 Å². The number of aryl methyl sites for hydroxylation is 2. The van der Waals surface area contributed by atoms with E-state index >= 15 is 0 Å². The Morgan fingerprint density at radius 3 is 2.36 bits per heavy atom. The number of hydrogen-bond donors (Lipinski definition) is 0. The van der Waals surface area contributed by atoms with Gasteiger partial charge in [0.15, 0.2) is 0 Å². The van der Waals surface area contributed by atoms with Crippen LogP contribution >= 0.6 is 0 Å². The van der Waals surface area contributed by atoms with E-state index in [9.17, 15) is 8.78 Å². The van der Waals surface area contributed by atoms with Crippen LogP contribution in [0.4, 0.5) is 8.78 Å². The Hall–Kier alpha value is -1.76. The van der Waals surface area contributed by atoms with Crippen LogP contribution in [0.2, 0.25) is 0 Å². The lowest BCUT2D eigenvalue weighted by atomic mass is 10.1. The van der Waals surface area contributed by atoms with Crippen molar-refractivity contribution < 1.29 is 37.3 Å². The van der Waals surface area contributed by atoms with Gasteiger partial charge in [-0.25, -0.2) is 8.78 Å². The van der Waals surface area contributed by atoms with E-state index < -0.39 is 0 Å². The van der Waals surface area contributed by atoms with Gasteiger partial charge in [-0.3, -0.25) is 0 Å². The van der Waals surface area contributed by atoms with Gasteiger partial charge < -0.3 is 28.5 Å². The van der Waals surface area contributed by atoms with Crippen LogP contribution in [-0.2, 0) is 14.1 Å². The summed E-state index contributed by atoms with van der Waals surface area (Å²) in [5.41, 5.74) is 3.78. The van der Waals surface area contributed by atoms with Crippen molar-refractivity contribution in [2.45, 2.75) is 0 Å². The lowest BCUT2D eigenvalue weighted by molar-refractivity contribution is -0.616. The normalized spacial score (nSPS) is 11.3. The Morgan fingerprint density at radius 1 is 0.909 bits per heavy atom. The predicted molar refractivity (Wildman–Crippen MR) is 79.0 cm³/mol. The summed E-state index contributed by atoms with van der Waals surface area (Å²) in [5.74, 6) is -0.513. The Balaban J connectivity index is 0.00000144. The van der Waals surface area contributed by atoms with E-state index in [2.05, 4.69) is 0 Å². The Bertz CT molecular complexity index is 1040. The van der Waals surface area contributed by atoms with Crippen molar-refractivity contribution in [2.24, 2.45) is 14.1 Å². The van der Waals surface area contributed by atoms with Gasteiger partial charge >= 0.3 is 0 Å². The van der Waals surface area contributed by atoms with Gasteiger partial charge in [0.25, 0.3) is 0 Å². The highest BCUT2D eigenvalue weighted by atomic mass is 127. The molecule has 0 N–H and O–H groups in total. The SMILES string of the molecule is Cn1c2ccc(F)cc2c2c1cc1cc(F)ccc1[n+]2C.[I-]. The molecular weight excluding hydrogens is 397 g/mol. The van der Waals surface area contributed by atoms with Crippen LogP contribution in [0.5, 0.6) is 0 Å². The molecular formula is C17H13F2IN2. The summed E-state index contributed by atoms with van der Waals surface area (Å²) in [6.45, 7) is 0. The van der Waals surface area contributed by atoms with Crippen molar-refractivity contribution in [3.63, 3.8) is 0 Å². The standard InChI is InChI=1S/C17H13F2N2.HI/c1-20-15-6-4-12(19)9-13(15)17-16(20)8-10-7-11(18)3-5-14(10)21(17)2;/h3-9H,1-2H3;1H/q+1;/p-1. The lowest BCUT2D eigenvalue weighted by Gasteiger charge is -2.00. The number of hydrogen-bond acceptors (Lipinski definition) is 0. The molecule has 22 heavy (non-hydrogen) atoms. The summed E-state index contributed by atoms with van der Waals surface area (Å²) < 4.78 is 31.1. The molecule has 2 heterocycles. The smallest absolute Gasteiger partial charge is 0.238 e. The molecule has 5 heteroatoms. The lowest BCUT2D eigenvalue weighted by Crippen LogP contribution is -3.00. The second kappa shape index (κ2) is 5.15. The summed E-state index contributed by atoms with van der Waals surface area (Å²) in [5, 5.41) is 1.69. The van der Waals surface area contributed by atoms with Crippen molar-refractivity contribution in [3.05, 3.63) is 54.1 Å². The monoisotopic (exact) mass is 410 g/mol. The molecule has 4 rings (SSSR count). The van der Waals surface area contributed by atoms with Crippen molar-refractivity contribution in [1.29, 1.82) is 0 Å². The summed E-state index contributed by atoms with van der Waals surface area (Å²) in [7, 11) is 3.86. The molecule has 0 atom stereocenters. The first-order valence-corrected chi connectivity index (χ1v) is 6.72. The fraction of sp³-hybridized carbons (Fsp3) is 0.118. The van der Waals surface area contributed by atoms with Crippen molar-refractivity contribution >= 4 is 32.8 Å². The summed E-state index contributed by atoms with van der Waals surface area (Å²) >= 11 is 0. The molecule has 0 spiro atoms. The molecule has 0 saturated heterocycles. The number of rotatable bonds is 0. The average Bonchev–Trinajstić information content (AvgIpc) is 2.71. The molecule has 0 aliphatic heterocycles. The molecule has 4 aromatic rings.